The lowest BCUT2D eigenvalue weighted by Crippen LogP contribution is -2.01. The topological polar surface area (TPSA) is 54.4 Å². The molecule has 0 heterocycles. The molecule has 3 nitrogen and oxygen atoms in total. The van der Waals surface area contributed by atoms with Crippen molar-refractivity contribution in [3.05, 3.63) is 34.4 Å². The molecular weight excluding hydrogens is 206 g/mol. The van der Waals surface area contributed by atoms with Crippen molar-refractivity contribution in [3.8, 4) is 0 Å². The molecule has 1 N–H and O–H groups in total. The van der Waals surface area contributed by atoms with Crippen LogP contribution in [0.4, 0.5) is 8.78 Å². The number of aliphatic hydroxyl groups is 1. The maximum atomic E-state index is 12.3. The molecule has 1 aromatic carbocycles. The summed E-state index contributed by atoms with van der Waals surface area (Å²) in [6.45, 7) is -0.536. The molecule has 0 atom stereocenters. The number of carbonyl (C=O) groups excluding carboxylic acids is 2. The average Bonchev–Trinajstić information content (AvgIpc) is 2.26. The van der Waals surface area contributed by atoms with Gasteiger partial charge in [-0.1, -0.05) is 0 Å². The molecule has 0 aliphatic carbocycles. The van der Waals surface area contributed by atoms with Crippen LogP contribution >= 0.6 is 0 Å². The molecule has 5 heteroatoms. The van der Waals surface area contributed by atoms with Gasteiger partial charge in [0.05, 0.1) is 6.61 Å². The highest BCUT2D eigenvalue weighted by Gasteiger charge is 2.14. The predicted molar refractivity (Wildman–Crippen MR) is 48.1 cm³/mol. The summed E-state index contributed by atoms with van der Waals surface area (Å²) in [6.07, 6.45) is -2.08. The number of carbonyl (C=O) groups is 2. The van der Waals surface area contributed by atoms with Crippen LogP contribution in [0.3, 0.4) is 0 Å². The van der Waals surface area contributed by atoms with Crippen molar-refractivity contribution in [1.29, 1.82) is 0 Å². The van der Waals surface area contributed by atoms with Gasteiger partial charge in [-0.3, -0.25) is 9.59 Å². The first-order valence-electron chi connectivity index (χ1n) is 4.10. The first kappa shape index (κ1) is 11.5. The van der Waals surface area contributed by atoms with Gasteiger partial charge in [-0.2, -0.15) is 0 Å². The number of hydrogen-bond donors (Lipinski definition) is 1. The van der Waals surface area contributed by atoms with Crippen molar-refractivity contribution >= 4 is 12.6 Å². The normalized spacial score (nSPS) is 10.4. The van der Waals surface area contributed by atoms with Gasteiger partial charge in [0.1, 0.15) is 12.6 Å². The van der Waals surface area contributed by atoms with Crippen LogP contribution in [0.15, 0.2) is 12.1 Å². The zero-order valence-electron chi connectivity index (χ0n) is 7.61. The second-order valence-corrected chi connectivity index (χ2v) is 2.87. The van der Waals surface area contributed by atoms with Crippen molar-refractivity contribution in [1.82, 2.24) is 0 Å². The summed E-state index contributed by atoms with van der Waals surface area (Å²) in [5.74, 6) is 0. The Hall–Kier alpha value is -1.62. The highest BCUT2D eigenvalue weighted by Crippen LogP contribution is 2.23. The summed E-state index contributed by atoms with van der Waals surface area (Å²) in [5.41, 5.74) is -0.504. The Morgan fingerprint density at radius 3 is 1.93 bits per heavy atom. The standard InChI is InChI=1S/C10H8F2O3/c11-10(12)6-1-7(3-13)9(5-15)8(2-6)4-14/h1-4,10,15H,5H2. The summed E-state index contributed by atoms with van der Waals surface area (Å²) in [5, 5.41) is 8.89. The van der Waals surface area contributed by atoms with Crippen LogP contribution in [0.25, 0.3) is 0 Å². The largest absolute Gasteiger partial charge is 0.392 e. The van der Waals surface area contributed by atoms with E-state index in [9.17, 15) is 18.4 Å². The fourth-order valence-electron chi connectivity index (χ4n) is 1.26. The van der Waals surface area contributed by atoms with Gasteiger partial charge in [0.2, 0.25) is 0 Å². The second kappa shape index (κ2) is 4.75. The number of aldehydes is 2. The molecule has 0 aromatic heterocycles. The molecule has 0 bridgehead atoms. The lowest BCUT2D eigenvalue weighted by atomic mass is 9.99. The van der Waals surface area contributed by atoms with Gasteiger partial charge < -0.3 is 5.11 Å². The molecule has 1 aromatic rings. The lowest BCUT2D eigenvalue weighted by Gasteiger charge is -2.08. The molecule has 0 aliphatic heterocycles. The fraction of sp³-hybridized carbons (Fsp3) is 0.200. The van der Waals surface area contributed by atoms with Crippen molar-refractivity contribution in [2.45, 2.75) is 13.0 Å². The number of benzene rings is 1. The van der Waals surface area contributed by atoms with E-state index in [4.69, 9.17) is 5.11 Å². The third-order valence-corrected chi connectivity index (χ3v) is 2.01. The van der Waals surface area contributed by atoms with E-state index in [1.54, 1.807) is 0 Å². The smallest absolute Gasteiger partial charge is 0.263 e. The number of aliphatic hydroxyl groups excluding tert-OH is 1. The van der Waals surface area contributed by atoms with E-state index in [0.29, 0.717) is 12.6 Å². The van der Waals surface area contributed by atoms with Crippen LogP contribution in [-0.4, -0.2) is 17.7 Å². The minimum Gasteiger partial charge on any atom is -0.392 e. The first-order chi connectivity index (χ1) is 7.13. The van der Waals surface area contributed by atoms with Crippen LogP contribution in [0.2, 0.25) is 0 Å². The quantitative estimate of drug-likeness (QED) is 0.776. The van der Waals surface area contributed by atoms with Gasteiger partial charge in [-0.15, -0.1) is 0 Å². The molecule has 0 fully saturated rings. The minimum absolute atomic E-state index is 0.0735. The second-order valence-electron chi connectivity index (χ2n) is 2.87. The van der Waals surface area contributed by atoms with Crippen LogP contribution in [0.5, 0.6) is 0 Å². The van der Waals surface area contributed by atoms with E-state index in [1.807, 2.05) is 0 Å². The maximum Gasteiger partial charge on any atom is 0.263 e. The number of rotatable bonds is 4. The van der Waals surface area contributed by atoms with Gasteiger partial charge in [-0.25, -0.2) is 8.78 Å². The fourth-order valence-corrected chi connectivity index (χ4v) is 1.26. The molecule has 0 saturated carbocycles. The molecule has 80 valence electrons. The summed E-state index contributed by atoms with van der Waals surface area (Å²) < 4.78 is 24.7. The zero-order chi connectivity index (χ0) is 11.4. The van der Waals surface area contributed by atoms with E-state index in [1.165, 1.54) is 0 Å². The highest BCUT2D eigenvalue weighted by molar-refractivity contribution is 5.86. The molecule has 15 heavy (non-hydrogen) atoms. The average molecular weight is 214 g/mol. The van der Waals surface area contributed by atoms with Crippen molar-refractivity contribution in [2.24, 2.45) is 0 Å². The van der Waals surface area contributed by atoms with Crippen molar-refractivity contribution < 1.29 is 23.5 Å². The predicted octanol–water partition coefficient (Wildman–Crippen LogP) is 1.74. The van der Waals surface area contributed by atoms with E-state index >= 15 is 0 Å². The molecule has 0 saturated heterocycles. The van der Waals surface area contributed by atoms with Gasteiger partial charge >= 0.3 is 0 Å². The zero-order valence-corrected chi connectivity index (χ0v) is 7.61. The first-order valence-corrected chi connectivity index (χ1v) is 4.10. The van der Waals surface area contributed by atoms with Gasteiger partial charge in [-0.05, 0) is 17.7 Å². The van der Waals surface area contributed by atoms with Crippen LogP contribution in [0, 0.1) is 0 Å². The SMILES string of the molecule is O=Cc1cc(C(F)F)cc(C=O)c1CO. The Balaban J connectivity index is 3.41. The van der Waals surface area contributed by atoms with Crippen LogP contribution < -0.4 is 0 Å². The summed E-state index contributed by atoms with van der Waals surface area (Å²) in [4.78, 5) is 21.1. The van der Waals surface area contributed by atoms with Crippen LogP contribution in [-0.2, 0) is 6.61 Å². The summed E-state index contributed by atoms with van der Waals surface area (Å²) in [7, 11) is 0. The van der Waals surface area contributed by atoms with Crippen molar-refractivity contribution in [3.63, 3.8) is 0 Å². The Morgan fingerprint density at radius 2 is 1.67 bits per heavy atom. The number of alkyl halides is 2. The van der Waals surface area contributed by atoms with E-state index in [2.05, 4.69) is 0 Å². The Kier molecular flexibility index (Phi) is 3.62. The highest BCUT2D eigenvalue weighted by atomic mass is 19.3. The minimum atomic E-state index is -2.75. The van der Waals surface area contributed by atoms with E-state index < -0.39 is 18.6 Å². The monoisotopic (exact) mass is 214 g/mol. The maximum absolute atomic E-state index is 12.3. The van der Waals surface area contributed by atoms with Crippen molar-refractivity contribution in [2.75, 3.05) is 0 Å². The molecule has 0 aliphatic rings. The third-order valence-electron chi connectivity index (χ3n) is 2.01. The Bertz CT molecular complexity index is 359. The molecule has 0 radical (unpaired) electrons. The molecule has 0 amide bonds. The Labute approximate surface area is 84.3 Å². The third kappa shape index (κ3) is 2.24. The van der Waals surface area contributed by atoms with E-state index in [-0.39, 0.29) is 16.7 Å². The number of hydrogen-bond acceptors (Lipinski definition) is 3. The lowest BCUT2D eigenvalue weighted by molar-refractivity contribution is 0.111. The molecular formula is C10H8F2O3. The van der Waals surface area contributed by atoms with Gasteiger partial charge in [0, 0.05) is 16.7 Å². The van der Waals surface area contributed by atoms with Gasteiger partial charge in [0.15, 0.2) is 0 Å². The summed E-state index contributed by atoms with van der Waals surface area (Å²) >= 11 is 0. The molecule has 0 spiro atoms. The summed E-state index contributed by atoms with van der Waals surface area (Å²) in [6, 6.07) is 1.94. The molecule has 1 rings (SSSR count). The molecule has 0 unspecified atom stereocenters. The number of halogens is 2. The Morgan fingerprint density at radius 1 is 1.20 bits per heavy atom. The van der Waals surface area contributed by atoms with Crippen LogP contribution in [0.1, 0.15) is 38.3 Å². The van der Waals surface area contributed by atoms with E-state index in [0.717, 1.165) is 12.1 Å². The van der Waals surface area contributed by atoms with Gasteiger partial charge in [0.25, 0.3) is 6.43 Å².